The molecule has 5 atom stereocenters. The Hall–Kier alpha value is -0.420. The van der Waals surface area contributed by atoms with Crippen LogP contribution in [0.2, 0.25) is 0 Å². The third-order valence-corrected chi connectivity index (χ3v) is 4.04. The van der Waals surface area contributed by atoms with Gasteiger partial charge in [0.15, 0.2) is 0 Å². The number of hydrogen-bond acceptors (Lipinski definition) is 4. The zero-order valence-electron chi connectivity index (χ0n) is 11.8. The first kappa shape index (κ1) is 16.6. The maximum Gasteiger partial charge on any atom is 0.0721 e. The van der Waals surface area contributed by atoms with E-state index in [1.54, 1.807) is 6.08 Å². The molecular weight excluding hydrogens is 244 g/mol. The van der Waals surface area contributed by atoms with E-state index >= 15 is 0 Å². The zero-order valence-corrected chi connectivity index (χ0v) is 11.8. The van der Waals surface area contributed by atoms with Gasteiger partial charge in [0.2, 0.25) is 0 Å². The van der Waals surface area contributed by atoms with Crippen molar-refractivity contribution in [1.82, 2.24) is 0 Å². The van der Waals surface area contributed by atoms with Gasteiger partial charge in [-0.05, 0) is 18.8 Å². The lowest BCUT2D eigenvalue weighted by atomic mass is 9.90. The predicted molar refractivity (Wildman–Crippen MR) is 74.6 cm³/mol. The van der Waals surface area contributed by atoms with E-state index in [0.717, 1.165) is 25.7 Å². The van der Waals surface area contributed by atoms with Crippen molar-refractivity contribution in [2.75, 3.05) is 6.61 Å². The summed E-state index contributed by atoms with van der Waals surface area (Å²) in [5, 5.41) is 38.6. The number of aliphatic hydroxyl groups is 4. The smallest absolute Gasteiger partial charge is 0.0721 e. The van der Waals surface area contributed by atoms with Crippen LogP contribution in [0.1, 0.15) is 45.4 Å². The molecule has 4 heteroatoms. The van der Waals surface area contributed by atoms with E-state index in [0.29, 0.717) is 12.8 Å². The number of unbranched alkanes of at least 4 members (excludes halogenated alkanes) is 2. The molecule has 4 N–H and O–H groups in total. The van der Waals surface area contributed by atoms with Crippen molar-refractivity contribution in [3.05, 3.63) is 12.2 Å². The SMILES string of the molecule is CCCCC[C@H](O)C=CC1[C@@H](O)C[C@@H](O)[C@H]1CCO. The van der Waals surface area contributed by atoms with Gasteiger partial charge in [-0.15, -0.1) is 0 Å². The Bertz CT molecular complexity index is 267. The highest BCUT2D eigenvalue weighted by molar-refractivity contribution is 5.04. The quantitative estimate of drug-likeness (QED) is 0.396. The molecule has 19 heavy (non-hydrogen) atoms. The van der Waals surface area contributed by atoms with Gasteiger partial charge in [-0.3, -0.25) is 0 Å². The third-order valence-electron chi connectivity index (χ3n) is 4.04. The molecule has 1 aliphatic carbocycles. The van der Waals surface area contributed by atoms with E-state index in [1.165, 1.54) is 0 Å². The van der Waals surface area contributed by atoms with E-state index in [-0.39, 0.29) is 18.4 Å². The summed E-state index contributed by atoms with van der Waals surface area (Å²) in [6, 6.07) is 0. The summed E-state index contributed by atoms with van der Waals surface area (Å²) in [7, 11) is 0. The molecule has 0 aromatic carbocycles. The predicted octanol–water partition coefficient (Wildman–Crippen LogP) is 1.22. The topological polar surface area (TPSA) is 80.9 Å². The fraction of sp³-hybridized carbons (Fsp3) is 0.867. The molecule has 1 rings (SSSR count). The Balaban J connectivity index is 2.47. The van der Waals surface area contributed by atoms with Crippen LogP contribution in [0.15, 0.2) is 12.2 Å². The Morgan fingerprint density at radius 1 is 1.21 bits per heavy atom. The molecule has 0 saturated heterocycles. The molecule has 1 saturated carbocycles. The van der Waals surface area contributed by atoms with Crippen molar-refractivity contribution in [1.29, 1.82) is 0 Å². The lowest BCUT2D eigenvalue weighted by Crippen LogP contribution is -2.22. The van der Waals surface area contributed by atoms with Gasteiger partial charge in [0, 0.05) is 18.9 Å². The number of rotatable bonds is 8. The van der Waals surface area contributed by atoms with Gasteiger partial charge in [0.1, 0.15) is 0 Å². The van der Waals surface area contributed by atoms with E-state index in [4.69, 9.17) is 5.11 Å². The molecule has 0 aromatic heterocycles. The van der Waals surface area contributed by atoms with Crippen LogP contribution in [0.5, 0.6) is 0 Å². The monoisotopic (exact) mass is 272 g/mol. The molecular formula is C15H28O4. The second-order valence-electron chi connectivity index (χ2n) is 5.57. The van der Waals surface area contributed by atoms with Gasteiger partial charge >= 0.3 is 0 Å². The minimum absolute atomic E-state index is 0.0117. The van der Waals surface area contributed by atoms with Gasteiger partial charge < -0.3 is 20.4 Å². The van der Waals surface area contributed by atoms with Gasteiger partial charge in [-0.25, -0.2) is 0 Å². The van der Waals surface area contributed by atoms with Gasteiger partial charge in [0.25, 0.3) is 0 Å². The molecule has 0 spiro atoms. The molecule has 0 heterocycles. The summed E-state index contributed by atoms with van der Waals surface area (Å²) in [5.74, 6) is -0.276. The highest BCUT2D eigenvalue weighted by atomic mass is 16.3. The largest absolute Gasteiger partial charge is 0.396 e. The first-order valence-corrected chi connectivity index (χ1v) is 7.43. The highest BCUT2D eigenvalue weighted by Crippen LogP contribution is 2.35. The fourth-order valence-corrected chi connectivity index (χ4v) is 2.88. The van der Waals surface area contributed by atoms with Crippen LogP contribution in [-0.2, 0) is 0 Å². The van der Waals surface area contributed by atoms with Crippen molar-refractivity contribution < 1.29 is 20.4 Å². The lowest BCUT2D eigenvalue weighted by Gasteiger charge is -2.20. The van der Waals surface area contributed by atoms with E-state index in [9.17, 15) is 15.3 Å². The van der Waals surface area contributed by atoms with Crippen LogP contribution in [0, 0.1) is 11.8 Å². The minimum atomic E-state index is -0.578. The van der Waals surface area contributed by atoms with Gasteiger partial charge in [-0.2, -0.15) is 0 Å². The number of hydrogen-bond donors (Lipinski definition) is 4. The summed E-state index contributed by atoms with van der Waals surface area (Å²) in [6.45, 7) is 2.13. The molecule has 0 bridgehead atoms. The summed E-state index contributed by atoms with van der Waals surface area (Å²) in [6.07, 6.45) is 6.74. The van der Waals surface area contributed by atoms with Crippen molar-refractivity contribution in [2.24, 2.45) is 11.8 Å². The second kappa shape index (κ2) is 8.69. The van der Waals surface area contributed by atoms with Crippen LogP contribution in [-0.4, -0.2) is 45.3 Å². The van der Waals surface area contributed by atoms with Gasteiger partial charge in [0.05, 0.1) is 18.3 Å². The van der Waals surface area contributed by atoms with E-state index in [1.807, 2.05) is 6.08 Å². The molecule has 1 unspecified atom stereocenters. The van der Waals surface area contributed by atoms with E-state index < -0.39 is 18.3 Å². The molecule has 0 amide bonds. The first-order chi connectivity index (χ1) is 9.10. The highest BCUT2D eigenvalue weighted by Gasteiger charge is 2.39. The maximum atomic E-state index is 9.91. The van der Waals surface area contributed by atoms with Crippen molar-refractivity contribution in [3.63, 3.8) is 0 Å². The molecule has 0 aliphatic heterocycles. The maximum absolute atomic E-state index is 9.91. The van der Waals surface area contributed by atoms with Crippen LogP contribution in [0.4, 0.5) is 0 Å². The van der Waals surface area contributed by atoms with Crippen molar-refractivity contribution in [3.8, 4) is 0 Å². The summed E-state index contributed by atoms with van der Waals surface area (Å²) < 4.78 is 0. The molecule has 1 fully saturated rings. The third kappa shape index (κ3) is 5.22. The summed E-state index contributed by atoms with van der Waals surface area (Å²) in [4.78, 5) is 0. The average Bonchev–Trinajstić information content (AvgIpc) is 2.63. The first-order valence-electron chi connectivity index (χ1n) is 7.43. The zero-order chi connectivity index (χ0) is 14.3. The number of aliphatic hydroxyl groups excluding tert-OH is 4. The molecule has 0 radical (unpaired) electrons. The van der Waals surface area contributed by atoms with Crippen molar-refractivity contribution in [2.45, 2.75) is 63.8 Å². The van der Waals surface area contributed by atoms with Crippen LogP contribution in [0.25, 0.3) is 0 Å². The minimum Gasteiger partial charge on any atom is -0.396 e. The molecule has 0 aromatic rings. The molecule has 1 aliphatic rings. The Labute approximate surface area is 115 Å². The summed E-state index contributed by atoms with van der Waals surface area (Å²) >= 11 is 0. The van der Waals surface area contributed by atoms with Gasteiger partial charge in [-0.1, -0.05) is 38.3 Å². The lowest BCUT2D eigenvalue weighted by molar-refractivity contribution is 0.103. The Morgan fingerprint density at radius 3 is 2.58 bits per heavy atom. The normalized spacial score (nSPS) is 33.1. The average molecular weight is 272 g/mol. The van der Waals surface area contributed by atoms with E-state index in [2.05, 4.69) is 6.92 Å². The molecule has 112 valence electrons. The summed E-state index contributed by atoms with van der Waals surface area (Å²) in [5.41, 5.74) is 0. The van der Waals surface area contributed by atoms with Crippen molar-refractivity contribution >= 4 is 0 Å². The van der Waals surface area contributed by atoms with Crippen LogP contribution in [0.3, 0.4) is 0 Å². The second-order valence-corrected chi connectivity index (χ2v) is 5.57. The standard InChI is InChI=1S/C15H28O4/c1-2-3-4-5-11(17)6-7-12-13(8-9-16)15(19)10-14(12)18/h6-7,11-19H,2-5,8-10H2,1H3/t11-,12?,13-,14-,15+/m0/s1. The Morgan fingerprint density at radius 2 is 1.95 bits per heavy atom. The Kier molecular flexibility index (Phi) is 7.61. The fourth-order valence-electron chi connectivity index (χ4n) is 2.88. The van der Waals surface area contributed by atoms with Crippen LogP contribution >= 0.6 is 0 Å². The van der Waals surface area contributed by atoms with Crippen LogP contribution < -0.4 is 0 Å². The molecule has 4 nitrogen and oxygen atoms in total.